The van der Waals surface area contributed by atoms with Crippen LogP contribution < -0.4 is 10.1 Å². The van der Waals surface area contributed by atoms with Crippen LogP contribution in [-0.2, 0) is 21.4 Å². The molecule has 1 heterocycles. The molecule has 2 saturated carbocycles. The van der Waals surface area contributed by atoms with Crippen molar-refractivity contribution < 1.29 is 19.4 Å². The average molecular weight is 533 g/mol. The third kappa shape index (κ3) is 6.90. The quantitative estimate of drug-likeness (QED) is 0.237. The van der Waals surface area contributed by atoms with Gasteiger partial charge in [0, 0.05) is 37.9 Å². The second-order valence-electron chi connectivity index (χ2n) is 12.2. The first-order valence-corrected chi connectivity index (χ1v) is 14.9. The summed E-state index contributed by atoms with van der Waals surface area (Å²) in [6.07, 6.45) is 10.2. The summed E-state index contributed by atoms with van der Waals surface area (Å²) in [5.74, 6) is 1.05. The summed E-state index contributed by atoms with van der Waals surface area (Å²) in [5, 5.41) is 15.6. The van der Waals surface area contributed by atoms with Crippen LogP contribution in [0.4, 0.5) is 0 Å². The zero-order valence-electron chi connectivity index (χ0n) is 23.4. The number of hydrogen-bond acceptors (Lipinski definition) is 5. The van der Waals surface area contributed by atoms with Gasteiger partial charge in [0.25, 0.3) is 0 Å². The van der Waals surface area contributed by atoms with E-state index in [0.717, 1.165) is 63.1 Å². The molecule has 0 unspecified atom stereocenters. The normalized spacial score (nSPS) is 27.0. The number of carbonyl (C=O) groups is 2. The van der Waals surface area contributed by atoms with E-state index in [4.69, 9.17) is 4.74 Å². The van der Waals surface area contributed by atoms with Crippen LogP contribution in [0.1, 0.15) is 82.3 Å². The molecule has 0 aromatic heterocycles. The molecule has 2 N–H and O–H groups in total. The number of amides is 1. The minimum absolute atomic E-state index is 0.0226. The molecule has 2 aromatic rings. The van der Waals surface area contributed by atoms with Gasteiger partial charge in [0.05, 0.1) is 5.60 Å². The number of fused-ring (bicyclic) bond motifs is 1. The van der Waals surface area contributed by atoms with Gasteiger partial charge in [0.15, 0.2) is 0 Å². The molecule has 39 heavy (non-hydrogen) atoms. The first kappa shape index (κ1) is 27.9. The van der Waals surface area contributed by atoms with Crippen LogP contribution in [0.3, 0.4) is 0 Å². The summed E-state index contributed by atoms with van der Waals surface area (Å²) < 4.78 is 5.42. The van der Waals surface area contributed by atoms with Gasteiger partial charge in [0.1, 0.15) is 5.75 Å². The highest BCUT2D eigenvalue weighted by Gasteiger charge is 2.57. The maximum Gasteiger partial charge on any atom is 0.308 e. The Hall–Kier alpha value is -2.70. The van der Waals surface area contributed by atoms with Crippen molar-refractivity contribution in [1.82, 2.24) is 10.2 Å². The lowest BCUT2D eigenvalue weighted by Crippen LogP contribution is -2.67. The summed E-state index contributed by atoms with van der Waals surface area (Å²) in [4.78, 5) is 27.0. The van der Waals surface area contributed by atoms with Crippen LogP contribution in [0, 0.1) is 5.92 Å². The average Bonchev–Trinajstić information content (AvgIpc) is 3.73. The number of nitrogens with zero attached hydrogens (tertiary/aromatic N) is 1. The lowest BCUT2D eigenvalue weighted by atomic mass is 9.55. The van der Waals surface area contributed by atoms with Crippen molar-refractivity contribution in [2.45, 2.75) is 94.6 Å². The number of unbranched alkanes of at least 4 members (excludes halogenated alkanes) is 2. The Kier molecular flexibility index (Phi) is 8.73. The van der Waals surface area contributed by atoms with Gasteiger partial charge in [-0.25, -0.2) is 0 Å². The van der Waals surface area contributed by atoms with E-state index >= 15 is 0 Å². The molecule has 3 aliphatic rings. The maximum atomic E-state index is 12.9. The molecule has 6 nitrogen and oxygen atoms in total. The summed E-state index contributed by atoms with van der Waals surface area (Å²) in [6.45, 7) is 4.06. The Labute approximate surface area is 233 Å². The first-order valence-electron chi connectivity index (χ1n) is 14.9. The molecule has 5 rings (SSSR count). The van der Waals surface area contributed by atoms with Crippen LogP contribution in [-0.4, -0.2) is 53.2 Å². The lowest BCUT2D eigenvalue weighted by molar-refractivity contribution is -0.134. The van der Waals surface area contributed by atoms with E-state index in [-0.39, 0.29) is 17.9 Å². The summed E-state index contributed by atoms with van der Waals surface area (Å²) in [7, 11) is 0. The van der Waals surface area contributed by atoms with Crippen molar-refractivity contribution >= 4 is 11.9 Å². The van der Waals surface area contributed by atoms with E-state index in [1.807, 2.05) is 18.2 Å². The molecule has 3 atom stereocenters. The molecule has 2 aromatic carbocycles. The molecule has 6 heteroatoms. The standard InChI is InChI=1S/C33H44N2O4/c1-25(36)39-30-13-8-12-28(21-30)32-19-20-35(23-27-15-16-27)24-33(32,38)18-17-29(22-32)34-31(37)14-7-3-6-11-26-9-4-2-5-10-26/h2,4-5,8-10,12-13,21,27,29,38H,3,6-7,11,14-20,22-24H2,1H3,(H,34,37)/t29-,32-,33-/m0/s1. The highest BCUT2D eigenvalue weighted by atomic mass is 16.5. The minimum Gasteiger partial charge on any atom is -0.427 e. The van der Waals surface area contributed by atoms with Gasteiger partial charge in [-0.15, -0.1) is 0 Å². The van der Waals surface area contributed by atoms with Crippen molar-refractivity contribution in [1.29, 1.82) is 0 Å². The van der Waals surface area contributed by atoms with E-state index in [1.165, 1.54) is 25.3 Å². The van der Waals surface area contributed by atoms with Crippen LogP contribution >= 0.6 is 0 Å². The number of hydrogen-bond donors (Lipinski definition) is 2. The molecule has 0 radical (unpaired) electrons. The topological polar surface area (TPSA) is 78.9 Å². The lowest BCUT2D eigenvalue weighted by Gasteiger charge is -2.58. The predicted molar refractivity (Wildman–Crippen MR) is 153 cm³/mol. The smallest absolute Gasteiger partial charge is 0.308 e. The second kappa shape index (κ2) is 12.2. The molecular weight excluding hydrogens is 488 g/mol. The van der Waals surface area contributed by atoms with E-state index in [9.17, 15) is 14.7 Å². The molecule has 210 valence electrons. The Balaban J connectivity index is 1.23. The van der Waals surface area contributed by atoms with Crippen molar-refractivity contribution in [3.05, 3.63) is 65.7 Å². The van der Waals surface area contributed by atoms with Crippen molar-refractivity contribution in [2.75, 3.05) is 19.6 Å². The maximum absolute atomic E-state index is 12.9. The van der Waals surface area contributed by atoms with E-state index in [1.54, 1.807) is 6.07 Å². The summed E-state index contributed by atoms with van der Waals surface area (Å²) in [6, 6.07) is 18.2. The van der Waals surface area contributed by atoms with Crippen LogP contribution in [0.15, 0.2) is 54.6 Å². The van der Waals surface area contributed by atoms with E-state index < -0.39 is 11.0 Å². The zero-order valence-corrected chi connectivity index (χ0v) is 23.4. The van der Waals surface area contributed by atoms with Crippen LogP contribution in [0.2, 0.25) is 0 Å². The molecule has 0 bridgehead atoms. The number of carbonyl (C=O) groups excluding carboxylic acids is 2. The van der Waals surface area contributed by atoms with Gasteiger partial charge in [-0.3, -0.25) is 9.59 Å². The highest BCUT2D eigenvalue weighted by molar-refractivity contribution is 5.76. The Morgan fingerprint density at radius 2 is 1.85 bits per heavy atom. The summed E-state index contributed by atoms with van der Waals surface area (Å²) in [5.41, 5.74) is 0.987. The molecule has 3 fully saturated rings. The second-order valence-corrected chi connectivity index (χ2v) is 12.2. The number of ether oxygens (including phenoxy) is 1. The van der Waals surface area contributed by atoms with Crippen molar-refractivity contribution in [3.63, 3.8) is 0 Å². The highest BCUT2D eigenvalue weighted by Crippen LogP contribution is 2.52. The molecule has 2 aliphatic carbocycles. The number of aliphatic hydroxyl groups is 1. The fourth-order valence-electron chi connectivity index (χ4n) is 6.96. The van der Waals surface area contributed by atoms with Gasteiger partial charge >= 0.3 is 5.97 Å². The zero-order chi connectivity index (χ0) is 27.3. The number of esters is 1. The molecule has 1 aliphatic heterocycles. The third-order valence-corrected chi connectivity index (χ3v) is 9.17. The van der Waals surface area contributed by atoms with Gasteiger partial charge < -0.3 is 20.1 Å². The number of rotatable bonds is 11. The van der Waals surface area contributed by atoms with Crippen LogP contribution in [0.5, 0.6) is 5.75 Å². The van der Waals surface area contributed by atoms with Gasteiger partial charge in [-0.05, 0) is 93.5 Å². The number of nitrogens with one attached hydrogen (secondary N) is 1. The van der Waals surface area contributed by atoms with Crippen molar-refractivity contribution in [2.24, 2.45) is 5.92 Å². The molecule has 0 spiro atoms. The number of aryl methyl sites for hydroxylation is 1. The fourth-order valence-corrected chi connectivity index (χ4v) is 6.96. The van der Waals surface area contributed by atoms with E-state index in [2.05, 4.69) is 40.5 Å². The largest absolute Gasteiger partial charge is 0.427 e. The number of benzene rings is 2. The molecule has 1 saturated heterocycles. The minimum atomic E-state index is -0.881. The van der Waals surface area contributed by atoms with Gasteiger partial charge in [-0.2, -0.15) is 0 Å². The summed E-state index contributed by atoms with van der Waals surface area (Å²) >= 11 is 0. The monoisotopic (exact) mass is 532 g/mol. The van der Waals surface area contributed by atoms with Gasteiger partial charge in [-0.1, -0.05) is 48.9 Å². The Morgan fingerprint density at radius 1 is 1.03 bits per heavy atom. The first-order chi connectivity index (χ1) is 18.8. The molecule has 1 amide bonds. The Morgan fingerprint density at radius 3 is 2.62 bits per heavy atom. The van der Waals surface area contributed by atoms with Crippen molar-refractivity contribution in [3.8, 4) is 5.75 Å². The molecular formula is C33H44N2O4. The third-order valence-electron chi connectivity index (χ3n) is 9.17. The van der Waals surface area contributed by atoms with Crippen LogP contribution in [0.25, 0.3) is 0 Å². The number of β-amino-alcohol motifs (C(OH)–C–C–N with tert-alkyl or cyclic N) is 1. The number of likely N-dealkylation sites (tertiary alicyclic amines) is 1. The predicted octanol–water partition coefficient (Wildman–Crippen LogP) is 5.17. The Bertz CT molecular complexity index is 1130. The van der Waals surface area contributed by atoms with Gasteiger partial charge in [0.2, 0.25) is 5.91 Å². The fraction of sp³-hybridized carbons (Fsp3) is 0.576. The number of piperidine rings is 1. The van der Waals surface area contributed by atoms with E-state index in [0.29, 0.717) is 31.6 Å². The SMILES string of the molecule is CC(=O)Oc1cccc([C@@]23CCN(CC4CC4)C[C@@]2(O)CC[C@H](NC(=O)CCCCCc2ccccc2)C3)c1.